The van der Waals surface area contributed by atoms with E-state index in [1.807, 2.05) is 30.3 Å². The van der Waals surface area contributed by atoms with Gasteiger partial charge in [0.1, 0.15) is 17.9 Å². The van der Waals surface area contributed by atoms with Crippen LogP contribution in [-0.2, 0) is 11.2 Å². The zero-order valence-electron chi connectivity index (χ0n) is 12.9. The van der Waals surface area contributed by atoms with Crippen molar-refractivity contribution in [2.45, 2.75) is 6.42 Å². The van der Waals surface area contributed by atoms with Gasteiger partial charge in [-0.25, -0.2) is 10.5 Å². The summed E-state index contributed by atoms with van der Waals surface area (Å²) in [6.45, 7) is 0. The molecule has 1 aromatic carbocycles. The first-order valence-corrected chi connectivity index (χ1v) is 7.18. The predicted octanol–water partition coefficient (Wildman–Crippen LogP) is 2.46. The molecule has 2 aromatic heterocycles. The van der Waals surface area contributed by atoms with Crippen molar-refractivity contribution in [1.82, 2.24) is 15.4 Å². The number of hydrogen-bond donors (Lipinski definition) is 2. The number of hydrogen-bond acceptors (Lipinski definition) is 6. The molecule has 0 bridgehead atoms. The Hall–Kier alpha value is -3.19. The number of ether oxygens (including phenoxy) is 1. The Morgan fingerprint density at radius 3 is 2.67 bits per heavy atom. The summed E-state index contributed by atoms with van der Waals surface area (Å²) in [7, 11) is 1.60. The van der Waals surface area contributed by atoms with Gasteiger partial charge in [0, 0.05) is 23.5 Å². The van der Waals surface area contributed by atoms with Crippen molar-refractivity contribution >= 4 is 5.91 Å². The standard InChI is InChI=1S/C17H15N3O4/c1-23-13-6-4-11(5-7-13)16-17(12-3-2-8-18-10-12)24-15(19-16)9-14(21)20-22/h2-8,10,22H,9H2,1H3,(H,20,21). The van der Waals surface area contributed by atoms with Gasteiger partial charge in [-0.05, 0) is 36.4 Å². The molecule has 0 aliphatic carbocycles. The molecule has 2 heterocycles. The van der Waals surface area contributed by atoms with Crippen LogP contribution in [-0.4, -0.2) is 28.2 Å². The molecule has 0 aliphatic heterocycles. The van der Waals surface area contributed by atoms with E-state index >= 15 is 0 Å². The van der Waals surface area contributed by atoms with Crippen LogP contribution in [0, 0.1) is 0 Å². The molecule has 0 saturated heterocycles. The first-order valence-electron chi connectivity index (χ1n) is 7.18. The molecule has 0 atom stereocenters. The van der Waals surface area contributed by atoms with Crippen LogP contribution in [0.3, 0.4) is 0 Å². The van der Waals surface area contributed by atoms with Gasteiger partial charge in [-0.3, -0.25) is 15.0 Å². The first-order chi connectivity index (χ1) is 11.7. The maximum atomic E-state index is 11.4. The number of nitrogens with one attached hydrogen (secondary N) is 1. The lowest BCUT2D eigenvalue weighted by Crippen LogP contribution is -2.20. The second-order valence-corrected chi connectivity index (χ2v) is 4.97. The largest absolute Gasteiger partial charge is 0.497 e. The maximum absolute atomic E-state index is 11.4. The van der Waals surface area contributed by atoms with E-state index in [2.05, 4.69) is 9.97 Å². The molecule has 0 saturated carbocycles. The van der Waals surface area contributed by atoms with E-state index in [4.69, 9.17) is 14.4 Å². The van der Waals surface area contributed by atoms with Gasteiger partial charge in [-0.15, -0.1) is 0 Å². The predicted molar refractivity (Wildman–Crippen MR) is 85.4 cm³/mol. The van der Waals surface area contributed by atoms with Crippen molar-refractivity contribution < 1.29 is 19.2 Å². The van der Waals surface area contributed by atoms with Crippen molar-refractivity contribution in [2.24, 2.45) is 0 Å². The summed E-state index contributed by atoms with van der Waals surface area (Å²) in [6.07, 6.45) is 3.15. The summed E-state index contributed by atoms with van der Waals surface area (Å²) >= 11 is 0. The molecule has 0 aliphatic rings. The molecule has 122 valence electrons. The zero-order chi connectivity index (χ0) is 16.9. The normalized spacial score (nSPS) is 10.4. The lowest BCUT2D eigenvalue weighted by molar-refractivity contribution is -0.128. The molecular formula is C17H15N3O4. The van der Waals surface area contributed by atoms with Crippen LogP contribution in [0.25, 0.3) is 22.6 Å². The number of aromatic nitrogens is 2. The van der Waals surface area contributed by atoms with E-state index in [1.54, 1.807) is 31.0 Å². The third-order valence-corrected chi connectivity index (χ3v) is 3.40. The Balaban J connectivity index is 2.06. The molecule has 0 spiro atoms. The molecule has 3 aromatic rings. The fourth-order valence-corrected chi connectivity index (χ4v) is 2.25. The average Bonchev–Trinajstić information content (AvgIpc) is 3.06. The van der Waals surface area contributed by atoms with Gasteiger partial charge in [-0.2, -0.15) is 0 Å². The summed E-state index contributed by atoms with van der Waals surface area (Å²) in [5, 5.41) is 8.67. The molecule has 2 N–H and O–H groups in total. The minimum atomic E-state index is -0.602. The van der Waals surface area contributed by atoms with Crippen molar-refractivity contribution in [3.63, 3.8) is 0 Å². The number of hydroxylamine groups is 1. The number of pyridine rings is 1. The van der Waals surface area contributed by atoms with Crippen LogP contribution in [0.15, 0.2) is 53.2 Å². The minimum absolute atomic E-state index is 0.167. The number of nitrogens with zero attached hydrogens (tertiary/aromatic N) is 2. The lowest BCUT2D eigenvalue weighted by Gasteiger charge is -2.03. The van der Waals surface area contributed by atoms with Gasteiger partial charge in [-0.1, -0.05) is 0 Å². The van der Waals surface area contributed by atoms with Crippen molar-refractivity contribution in [1.29, 1.82) is 0 Å². The fourth-order valence-electron chi connectivity index (χ4n) is 2.25. The number of oxazole rings is 1. The Morgan fingerprint density at radius 2 is 2.04 bits per heavy atom. The lowest BCUT2D eigenvalue weighted by atomic mass is 10.1. The monoisotopic (exact) mass is 325 g/mol. The summed E-state index contributed by atoms with van der Waals surface area (Å²) in [5.74, 6) is 0.834. The first kappa shape index (κ1) is 15.7. The molecule has 0 unspecified atom stereocenters. The Labute approximate surface area is 137 Å². The van der Waals surface area contributed by atoms with Crippen molar-refractivity contribution in [3.8, 4) is 28.3 Å². The number of methoxy groups -OCH3 is 1. The fraction of sp³-hybridized carbons (Fsp3) is 0.118. The smallest absolute Gasteiger partial charge is 0.252 e. The second-order valence-electron chi connectivity index (χ2n) is 4.97. The van der Waals surface area contributed by atoms with E-state index in [0.29, 0.717) is 11.5 Å². The summed E-state index contributed by atoms with van der Waals surface area (Å²) in [6, 6.07) is 11.0. The van der Waals surface area contributed by atoms with Crippen LogP contribution in [0.1, 0.15) is 5.89 Å². The summed E-state index contributed by atoms with van der Waals surface area (Å²) in [5.41, 5.74) is 3.71. The highest BCUT2D eigenvalue weighted by atomic mass is 16.5. The molecular weight excluding hydrogens is 310 g/mol. The van der Waals surface area contributed by atoms with E-state index in [9.17, 15) is 4.79 Å². The molecule has 7 nitrogen and oxygen atoms in total. The summed E-state index contributed by atoms with van der Waals surface area (Å²) < 4.78 is 10.9. The number of amides is 1. The maximum Gasteiger partial charge on any atom is 0.252 e. The van der Waals surface area contributed by atoms with E-state index in [1.165, 1.54) is 0 Å². The SMILES string of the molecule is COc1ccc(-c2nc(CC(=O)NO)oc2-c2cccnc2)cc1. The molecule has 1 amide bonds. The van der Waals surface area contributed by atoms with Crippen LogP contribution in [0.4, 0.5) is 0 Å². The van der Waals surface area contributed by atoms with Gasteiger partial charge in [0.05, 0.1) is 7.11 Å². The van der Waals surface area contributed by atoms with Gasteiger partial charge in [0.15, 0.2) is 5.76 Å². The average molecular weight is 325 g/mol. The molecule has 3 rings (SSSR count). The van der Waals surface area contributed by atoms with Crippen LogP contribution in [0.5, 0.6) is 5.75 Å². The molecule has 24 heavy (non-hydrogen) atoms. The van der Waals surface area contributed by atoms with E-state index in [-0.39, 0.29) is 12.3 Å². The van der Waals surface area contributed by atoms with Gasteiger partial charge >= 0.3 is 0 Å². The highest BCUT2D eigenvalue weighted by Crippen LogP contribution is 2.33. The van der Waals surface area contributed by atoms with Crippen molar-refractivity contribution in [2.75, 3.05) is 7.11 Å². The molecule has 0 fully saturated rings. The third kappa shape index (κ3) is 3.26. The topological polar surface area (TPSA) is 97.5 Å². The van der Waals surface area contributed by atoms with Gasteiger partial charge in [0.2, 0.25) is 5.89 Å². The number of benzene rings is 1. The zero-order valence-corrected chi connectivity index (χ0v) is 12.9. The third-order valence-electron chi connectivity index (χ3n) is 3.40. The van der Waals surface area contributed by atoms with E-state index in [0.717, 1.165) is 16.9 Å². The summed E-state index contributed by atoms with van der Waals surface area (Å²) in [4.78, 5) is 19.8. The van der Waals surface area contributed by atoms with E-state index < -0.39 is 5.91 Å². The van der Waals surface area contributed by atoms with Crippen LogP contribution >= 0.6 is 0 Å². The highest BCUT2D eigenvalue weighted by molar-refractivity contribution is 5.79. The number of rotatable bonds is 5. The minimum Gasteiger partial charge on any atom is -0.497 e. The highest BCUT2D eigenvalue weighted by Gasteiger charge is 2.18. The number of carbonyl (C=O) groups is 1. The van der Waals surface area contributed by atoms with Crippen molar-refractivity contribution in [3.05, 3.63) is 54.7 Å². The van der Waals surface area contributed by atoms with Crippen LogP contribution in [0.2, 0.25) is 0 Å². The van der Waals surface area contributed by atoms with Gasteiger partial charge in [0.25, 0.3) is 5.91 Å². The molecule has 0 radical (unpaired) electrons. The molecule has 7 heteroatoms. The quantitative estimate of drug-likeness (QED) is 0.552. The second kappa shape index (κ2) is 6.93. The number of carbonyl (C=O) groups excluding carboxylic acids is 1. The Morgan fingerprint density at radius 1 is 1.25 bits per heavy atom. The Bertz CT molecular complexity index is 829. The van der Waals surface area contributed by atoms with Gasteiger partial charge < -0.3 is 9.15 Å². The van der Waals surface area contributed by atoms with Crippen LogP contribution < -0.4 is 10.2 Å². The Kier molecular flexibility index (Phi) is 4.53.